The second-order valence-electron chi connectivity index (χ2n) is 4.51. The maximum Gasteiger partial charge on any atom is 0.323 e. The molecule has 2 atom stereocenters. The van der Waals surface area contributed by atoms with Gasteiger partial charge in [0, 0.05) is 6.04 Å². The Hall–Kier alpha value is -1.56. The number of hydrogen-bond donors (Lipinski definition) is 2. The maximum atomic E-state index is 12.1. The van der Waals surface area contributed by atoms with E-state index in [1.165, 1.54) is 4.90 Å². The van der Waals surface area contributed by atoms with Gasteiger partial charge in [-0.1, -0.05) is 6.92 Å². The molecule has 1 aromatic rings. The molecule has 2 unspecified atom stereocenters. The zero-order valence-corrected chi connectivity index (χ0v) is 12.2. The summed E-state index contributed by atoms with van der Waals surface area (Å²) in [7, 11) is 0. The van der Waals surface area contributed by atoms with Gasteiger partial charge < -0.3 is 15.3 Å². The molecule has 1 aromatic heterocycles. The van der Waals surface area contributed by atoms with Gasteiger partial charge in [-0.2, -0.15) is 11.3 Å². The standard InChI is InChI=1S/C13H20N2O3S/c1-4-9(2)15(7-12(16)17)13(18)14-10(3)11-5-6-19-8-11/h5-6,8-10H,4,7H2,1-3H3,(H,14,18)(H,16,17). The van der Waals surface area contributed by atoms with E-state index in [4.69, 9.17) is 5.11 Å². The minimum absolute atomic E-state index is 0.106. The molecule has 0 saturated carbocycles. The maximum absolute atomic E-state index is 12.1. The van der Waals surface area contributed by atoms with Gasteiger partial charge in [0.05, 0.1) is 6.04 Å². The van der Waals surface area contributed by atoms with E-state index in [0.29, 0.717) is 6.42 Å². The van der Waals surface area contributed by atoms with Gasteiger partial charge in [-0.15, -0.1) is 0 Å². The first-order valence-electron chi connectivity index (χ1n) is 6.26. The fourth-order valence-electron chi connectivity index (χ4n) is 1.67. The first kappa shape index (κ1) is 15.5. The van der Waals surface area contributed by atoms with E-state index in [1.807, 2.05) is 37.6 Å². The molecule has 2 N–H and O–H groups in total. The van der Waals surface area contributed by atoms with Crippen molar-refractivity contribution in [3.8, 4) is 0 Å². The number of amides is 2. The minimum atomic E-state index is -1.00. The molecule has 0 radical (unpaired) electrons. The summed E-state index contributed by atoms with van der Waals surface area (Å²) in [5.74, 6) is -1.00. The molecular weight excluding hydrogens is 264 g/mol. The van der Waals surface area contributed by atoms with Crippen molar-refractivity contribution >= 4 is 23.3 Å². The first-order valence-corrected chi connectivity index (χ1v) is 7.21. The molecule has 5 nitrogen and oxygen atoms in total. The van der Waals surface area contributed by atoms with Gasteiger partial charge in [-0.3, -0.25) is 4.79 Å². The normalized spacial score (nSPS) is 13.6. The summed E-state index contributed by atoms with van der Waals surface area (Å²) in [6.07, 6.45) is 0.716. The lowest BCUT2D eigenvalue weighted by atomic mass is 10.2. The van der Waals surface area contributed by atoms with Crippen LogP contribution in [0.15, 0.2) is 16.8 Å². The number of carbonyl (C=O) groups excluding carboxylic acids is 1. The topological polar surface area (TPSA) is 69.6 Å². The van der Waals surface area contributed by atoms with Crippen molar-refractivity contribution in [3.05, 3.63) is 22.4 Å². The Kier molecular flexibility index (Phi) is 5.82. The predicted octanol–water partition coefficient (Wildman–Crippen LogP) is 2.70. The molecule has 19 heavy (non-hydrogen) atoms. The quantitative estimate of drug-likeness (QED) is 0.844. The highest BCUT2D eigenvalue weighted by atomic mass is 32.1. The highest BCUT2D eigenvalue weighted by Crippen LogP contribution is 2.16. The number of aliphatic carboxylic acids is 1. The fraction of sp³-hybridized carbons (Fsp3) is 0.538. The van der Waals surface area contributed by atoms with Crippen LogP contribution in [0.1, 0.15) is 38.8 Å². The van der Waals surface area contributed by atoms with E-state index >= 15 is 0 Å². The number of hydrogen-bond acceptors (Lipinski definition) is 3. The zero-order chi connectivity index (χ0) is 14.4. The second-order valence-corrected chi connectivity index (χ2v) is 5.29. The van der Waals surface area contributed by atoms with Gasteiger partial charge in [0.1, 0.15) is 6.54 Å². The summed E-state index contributed by atoms with van der Waals surface area (Å²) in [5, 5.41) is 15.6. The van der Waals surface area contributed by atoms with E-state index < -0.39 is 5.97 Å². The van der Waals surface area contributed by atoms with Crippen LogP contribution in [0.4, 0.5) is 4.79 Å². The predicted molar refractivity (Wildman–Crippen MR) is 75.4 cm³/mol. The molecular formula is C13H20N2O3S. The monoisotopic (exact) mass is 284 g/mol. The van der Waals surface area contributed by atoms with Crippen LogP contribution in [-0.4, -0.2) is 34.6 Å². The number of carboxylic acids is 1. The van der Waals surface area contributed by atoms with E-state index in [0.717, 1.165) is 5.56 Å². The molecule has 0 bridgehead atoms. The summed E-state index contributed by atoms with van der Waals surface area (Å²) >= 11 is 1.57. The van der Waals surface area contributed by atoms with Crippen molar-refractivity contribution in [3.63, 3.8) is 0 Å². The highest BCUT2D eigenvalue weighted by molar-refractivity contribution is 7.07. The third-order valence-corrected chi connectivity index (χ3v) is 3.77. The largest absolute Gasteiger partial charge is 0.480 e. The van der Waals surface area contributed by atoms with Crippen LogP contribution < -0.4 is 5.32 Å². The van der Waals surface area contributed by atoms with Gasteiger partial charge in [0.25, 0.3) is 0 Å². The molecule has 0 aliphatic heterocycles. The number of rotatable bonds is 6. The second kappa shape index (κ2) is 7.13. The van der Waals surface area contributed by atoms with Crippen molar-refractivity contribution in [2.24, 2.45) is 0 Å². The lowest BCUT2D eigenvalue weighted by molar-refractivity contribution is -0.138. The van der Waals surface area contributed by atoms with Crippen molar-refractivity contribution in [2.75, 3.05) is 6.54 Å². The van der Waals surface area contributed by atoms with Gasteiger partial charge in [-0.25, -0.2) is 4.79 Å². The molecule has 6 heteroatoms. The molecule has 0 aliphatic carbocycles. The molecule has 2 amide bonds. The average Bonchev–Trinajstić information content (AvgIpc) is 2.88. The van der Waals surface area contributed by atoms with Gasteiger partial charge >= 0.3 is 12.0 Å². The van der Waals surface area contributed by atoms with E-state index in [9.17, 15) is 9.59 Å². The highest BCUT2D eigenvalue weighted by Gasteiger charge is 2.23. The van der Waals surface area contributed by atoms with Crippen LogP contribution in [0.5, 0.6) is 0 Å². The summed E-state index contributed by atoms with van der Waals surface area (Å²) < 4.78 is 0. The first-order chi connectivity index (χ1) is 8.95. The van der Waals surface area contributed by atoms with Crippen molar-refractivity contribution < 1.29 is 14.7 Å². The van der Waals surface area contributed by atoms with Crippen molar-refractivity contribution in [1.82, 2.24) is 10.2 Å². The summed E-state index contributed by atoms with van der Waals surface area (Å²) in [4.78, 5) is 24.3. The third kappa shape index (κ3) is 4.55. The van der Waals surface area contributed by atoms with Crippen LogP contribution in [0.3, 0.4) is 0 Å². The van der Waals surface area contributed by atoms with Gasteiger partial charge in [0.2, 0.25) is 0 Å². The number of carbonyl (C=O) groups is 2. The number of urea groups is 1. The van der Waals surface area contributed by atoms with E-state index in [-0.39, 0.29) is 24.7 Å². The van der Waals surface area contributed by atoms with Crippen LogP contribution in [0.2, 0.25) is 0 Å². The SMILES string of the molecule is CCC(C)N(CC(=O)O)C(=O)NC(C)c1ccsc1. The third-order valence-electron chi connectivity index (χ3n) is 3.07. The van der Waals surface area contributed by atoms with Crippen LogP contribution in [0, 0.1) is 0 Å². The Morgan fingerprint density at radius 2 is 2.16 bits per heavy atom. The van der Waals surface area contributed by atoms with Crippen molar-refractivity contribution in [1.29, 1.82) is 0 Å². The molecule has 106 valence electrons. The molecule has 0 saturated heterocycles. The Balaban J connectivity index is 2.68. The number of thiophene rings is 1. The lowest BCUT2D eigenvalue weighted by Gasteiger charge is -2.28. The van der Waals surface area contributed by atoms with Crippen LogP contribution in [0.25, 0.3) is 0 Å². The number of carboxylic acid groups (broad SMARTS) is 1. The van der Waals surface area contributed by atoms with E-state index in [1.54, 1.807) is 11.3 Å². The summed E-state index contributed by atoms with van der Waals surface area (Å²) in [5.41, 5.74) is 1.03. The Bertz CT molecular complexity index is 420. The Morgan fingerprint density at radius 1 is 1.47 bits per heavy atom. The zero-order valence-electron chi connectivity index (χ0n) is 11.4. The van der Waals surface area contributed by atoms with Gasteiger partial charge in [-0.05, 0) is 42.7 Å². The Morgan fingerprint density at radius 3 is 2.63 bits per heavy atom. The Labute approximate surface area is 117 Å². The summed E-state index contributed by atoms with van der Waals surface area (Å²) in [6.45, 7) is 5.37. The number of nitrogens with one attached hydrogen (secondary N) is 1. The molecule has 1 rings (SSSR count). The van der Waals surface area contributed by atoms with Crippen molar-refractivity contribution in [2.45, 2.75) is 39.3 Å². The summed E-state index contributed by atoms with van der Waals surface area (Å²) in [6, 6.07) is 1.38. The van der Waals surface area contributed by atoms with E-state index in [2.05, 4.69) is 5.32 Å². The fourth-order valence-corrected chi connectivity index (χ4v) is 2.42. The molecule has 1 heterocycles. The average molecular weight is 284 g/mol. The van der Waals surface area contributed by atoms with Crippen LogP contribution >= 0.6 is 11.3 Å². The molecule has 0 fully saturated rings. The lowest BCUT2D eigenvalue weighted by Crippen LogP contribution is -2.47. The van der Waals surface area contributed by atoms with Gasteiger partial charge in [0.15, 0.2) is 0 Å². The molecule has 0 aromatic carbocycles. The molecule has 0 spiro atoms. The minimum Gasteiger partial charge on any atom is -0.480 e. The smallest absolute Gasteiger partial charge is 0.323 e. The number of nitrogens with zero attached hydrogens (tertiary/aromatic N) is 1. The molecule has 0 aliphatic rings. The van der Waals surface area contributed by atoms with Crippen LogP contribution in [-0.2, 0) is 4.79 Å².